The first-order valence-electron chi connectivity index (χ1n) is 4.65. The molecule has 0 amide bonds. The molecule has 0 unspecified atom stereocenters. The number of rotatable bonds is 3. The number of H-pyrrole nitrogens is 1. The molecule has 1 aromatic carbocycles. The van der Waals surface area contributed by atoms with Crippen LogP contribution in [0.15, 0.2) is 33.6 Å². The highest BCUT2D eigenvalue weighted by atomic mass is 16.5. The van der Waals surface area contributed by atoms with Crippen LogP contribution in [0, 0.1) is 0 Å². The summed E-state index contributed by atoms with van der Waals surface area (Å²) in [5.41, 5.74) is 0.841. The average Bonchev–Trinajstić information content (AvgIpc) is 2.75. The lowest BCUT2D eigenvalue weighted by Gasteiger charge is -2.08. The molecule has 16 heavy (non-hydrogen) atoms. The first-order valence-corrected chi connectivity index (χ1v) is 4.65. The van der Waals surface area contributed by atoms with Gasteiger partial charge in [-0.3, -0.25) is 0 Å². The lowest BCUT2D eigenvalue weighted by Crippen LogP contribution is -1.91. The van der Waals surface area contributed by atoms with Crippen molar-refractivity contribution in [3.63, 3.8) is 0 Å². The van der Waals surface area contributed by atoms with E-state index in [4.69, 9.17) is 9.47 Å². The predicted molar refractivity (Wildman–Crippen MR) is 57.9 cm³/mol. The van der Waals surface area contributed by atoms with Gasteiger partial charge in [0.25, 0.3) is 0 Å². The molecule has 5 heteroatoms. The van der Waals surface area contributed by atoms with Crippen LogP contribution in [0.4, 0.5) is 0 Å². The van der Waals surface area contributed by atoms with Crippen molar-refractivity contribution in [3.05, 3.63) is 34.7 Å². The maximum Gasteiger partial charge on any atom is 0.357 e. The molecule has 0 bridgehead atoms. The molecule has 2 rings (SSSR count). The van der Waals surface area contributed by atoms with Crippen molar-refractivity contribution < 1.29 is 14.0 Å². The Labute approximate surface area is 91.6 Å². The number of methoxy groups -OCH3 is 2. The lowest BCUT2D eigenvalue weighted by atomic mass is 10.1. The summed E-state index contributed by atoms with van der Waals surface area (Å²) < 4.78 is 14.9. The number of hydrogen-bond donors (Lipinski definition) is 1. The number of benzene rings is 1. The second-order valence-electron chi connectivity index (χ2n) is 3.15. The topological polar surface area (TPSA) is 64.5 Å². The van der Waals surface area contributed by atoms with Crippen LogP contribution < -0.4 is 15.1 Å². The third-order valence-electron chi connectivity index (χ3n) is 2.22. The normalized spacial score (nSPS) is 10.1. The molecule has 0 saturated heterocycles. The summed E-state index contributed by atoms with van der Waals surface area (Å²) in [5, 5.41) is 2.52. The van der Waals surface area contributed by atoms with Gasteiger partial charge in [0, 0.05) is 5.56 Å². The number of aromatic nitrogens is 1. The van der Waals surface area contributed by atoms with Gasteiger partial charge in [-0.25, -0.2) is 9.95 Å². The molecular formula is C11H11NO4. The zero-order valence-electron chi connectivity index (χ0n) is 8.94. The fraction of sp³-hybridized carbons (Fsp3) is 0.182. The van der Waals surface area contributed by atoms with E-state index in [0.29, 0.717) is 22.8 Å². The molecule has 0 atom stereocenters. The fourth-order valence-corrected chi connectivity index (χ4v) is 1.44. The lowest BCUT2D eigenvalue weighted by molar-refractivity contribution is 0.390. The van der Waals surface area contributed by atoms with E-state index in [-0.39, 0.29) is 0 Å². The van der Waals surface area contributed by atoms with E-state index in [1.165, 1.54) is 6.07 Å². The zero-order valence-corrected chi connectivity index (χ0v) is 8.94. The molecule has 0 fully saturated rings. The van der Waals surface area contributed by atoms with Gasteiger partial charge in [-0.2, -0.15) is 0 Å². The number of ether oxygens (including phenoxy) is 2. The van der Waals surface area contributed by atoms with Crippen LogP contribution in [0.3, 0.4) is 0 Å². The van der Waals surface area contributed by atoms with Crippen LogP contribution in [0.1, 0.15) is 0 Å². The van der Waals surface area contributed by atoms with Gasteiger partial charge in [-0.15, -0.1) is 0 Å². The van der Waals surface area contributed by atoms with Crippen LogP contribution in [0.25, 0.3) is 11.3 Å². The van der Waals surface area contributed by atoms with E-state index < -0.39 is 5.63 Å². The molecule has 5 nitrogen and oxygen atoms in total. The highest BCUT2D eigenvalue weighted by Crippen LogP contribution is 2.31. The Morgan fingerprint density at radius 2 is 2.00 bits per heavy atom. The summed E-state index contributed by atoms with van der Waals surface area (Å²) in [6.45, 7) is 0. The van der Waals surface area contributed by atoms with Gasteiger partial charge in [0.1, 0.15) is 11.5 Å². The third-order valence-corrected chi connectivity index (χ3v) is 2.22. The molecule has 1 N–H and O–H groups in total. The summed E-state index contributed by atoms with van der Waals surface area (Å²) >= 11 is 0. The van der Waals surface area contributed by atoms with Crippen molar-refractivity contribution in [1.82, 2.24) is 5.16 Å². The molecule has 1 aromatic heterocycles. The van der Waals surface area contributed by atoms with E-state index in [1.54, 1.807) is 32.4 Å². The minimum Gasteiger partial charge on any atom is -0.497 e. The standard InChI is InChI=1S/C11H11NO4/c1-14-7-3-4-10(15-2)8(5-7)9-6-11(13)16-12-9/h3-6,12H,1-2H3. The Morgan fingerprint density at radius 3 is 2.56 bits per heavy atom. The average molecular weight is 221 g/mol. The van der Waals surface area contributed by atoms with Crippen LogP contribution in [0.2, 0.25) is 0 Å². The number of hydrogen-bond acceptors (Lipinski definition) is 4. The molecule has 0 radical (unpaired) electrons. The Morgan fingerprint density at radius 1 is 1.19 bits per heavy atom. The van der Waals surface area contributed by atoms with Crippen molar-refractivity contribution in [2.24, 2.45) is 0 Å². The van der Waals surface area contributed by atoms with Crippen molar-refractivity contribution >= 4 is 0 Å². The summed E-state index contributed by atoms with van der Waals surface area (Å²) in [6.07, 6.45) is 0. The van der Waals surface area contributed by atoms with E-state index in [9.17, 15) is 4.79 Å². The molecular weight excluding hydrogens is 210 g/mol. The molecule has 0 saturated carbocycles. The second-order valence-corrected chi connectivity index (χ2v) is 3.15. The SMILES string of the molecule is COc1ccc(OC)c(-c2cc(=O)o[nH]2)c1. The van der Waals surface area contributed by atoms with Gasteiger partial charge < -0.3 is 14.0 Å². The van der Waals surface area contributed by atoms with Crippen LogP contribution in [0.5, 0.6) is 11.5 Å². The van der Waals surface area contributed by atoms with Crippen molar-refractivity contribution in [2.75, 3.05) is 14.2 Å². The van der Waals surface area contributed by atoms with Gasteiger partial charge in [0.05, 0.1) is 26.0 Å². The van der Waals surface area contributed by atoms with Gasteiger partial charge in [0.15, 0.2) is 0 Å². The Bertz CT molecular complexity index is 541. The fourth-order valence-electron chi connectivity index (χ4n) is 1.44. The highest BCUT2D eigenvalue weighted by molar-refractivity contribution is 5.68. The molecule has 0 aliphatic rings. The van der Waals surface area contributed by atoms with Gasteiger partial charge in [0.2, 0.25) is 0 Å². The number of nitrogens with one attached hydrogen (secondary N) is 1. The minimum absolute atomic E-state index is 0.431. The maximum atomic E-state index is 10.9. The smallest absolute Gasteiger partial charge is 0.357 e. The predicted octanol–water partition coefficient (Wildman–Crippen LogP) is 1.65. The van der Waals surface area contributed by atoms with Crippen LogP contribution >= 0.6 is 0 Å². The number of aromatic amines is 1. The Balaban J connectivity index is 2.56. The monoisotopic (exact) mass is 221 g/mol. The summed E-state index contributed by atoms with van der Waals surface area (Å²) in [4.78, 5) is 10.9. The largest absolute Gasteiger partial charge is 0.497 e. The quantitative estimate of drug-likeness (QED) is 0.855. The Hall–Kier alpha value is -2.17. The van der Waals surface area contributed by atoms with E-state index in [2.05, 4.69) is 9.68 Å². The van der Waals surface area contributed by atoms with Crippen molar-refractivity contribution in [3.8, 4) is 22.8 Å². The highest BCUT2D eigenvalue weighted by Gasteiger charge is 2.10. The van der Waals surface area contributed by atoms with Crippen LogP contribution in [-0.2, 0) is 0 Å². The molecule has 1 heterocycles. The summed E-state index contributed by atoms with van der Waals surface area (Å²) in [6, 6.07) is 6.66. The van der Waals surface area contributed by atoms with E-state index >= 15 is 0 Å². The Kier molecular flexibility index (Phi) is 2.68. The van der Waals surface area contributed by atoms with Crippen molar-refractivity contribution in [1.29, 1.82) is 0 Å². The van der Waals surface area contributed by atoms with Gasteiger partial charge in [-0.05, 0) is 18.2 Å². The summed E-state index contributed by atoms with van der Waals surface area (Å²) in [5.74, 6) is 1.32. The van der Waals surface area contributed by atoms with Gasteiger partial charge in [-0.1, -0.05) is 0 Å². The molecule has 0 spiro atoms. The van der Waals surface area contributed by atoms with E-state index in [0.717, 1.165) is 0 Å². The zero-order chi connectivity index (χ0) is 11.5. The first kappa shape index (κ1) is 10.4. The maximum absolute atomic E-state index is 10.9. The van der Waals surface area contributed by atoms with Crippen molar-refractivity contribution in [2.45, 2.75) is 0 Å². The summed E-state index contributed by atoms with van der Waals surface area (Å²) in [7, 11) is 3.13. The molecule has 84 valence electrons. The van der Waals surface area contributed by atoms with E-state index in [1.807, 2.05) is 0 Å². The van der Waals surface area contributed by atoms with Gasteiger partial charge >= 0.3 is 5.63 Å². The molecule has 0 aliphatic heterocycles. The van der Waals surface area contributed by atoms with Crippen LogP contribution in [-0.4, -0.2) is 19.4 Å². The first-order chi connectivity index (χ1) is 7.74. The molecule has 2 aromatic rings. The molecule has 0 aliphatic carbocycles. The third kappa shape index (κ3) is 1.79. The second kappa shape index (κ2) is 4.14. The minimum atomic E-state index is -0.431.